The minimum Gasteiger partial charge on any atom is -0.461 e. The standard InChI is InChI=1S/C14H14FNO/c1-8-9(3-2-4-11(8)15)13-5-6-14(17-13)10-7-12(10)16/h2-6,10,12H,7,16H2,1H3/t10-,12-/m0/s1. The van der Waals surface area contributed by atoms with Crippen LogP contribution in [0.1, 0.15) is 23.7 Å². The second-order valence-corrected chi connectivity index (χ2v) is 4.62. The third-order valence-corrected chi connectivity index (χ3v) is 3.37. The molecule has 1 aliphatic rings. The highest BCUT2D eigenvalue weighted by Gasteiger charge is 2.37. The summed E-state index contributed by atoms with van der Waals surface area (Å²) in [6.07, 6.45) is 0.981. The van der Waals surface area contributed by atoms with Gasteiger partial charge in [0.1, 0.15) is 17.3 Å². The summed E-state index contributed by atoms with van der Waals surface area (Å²) in [5.41, 5.74) is 7.21. The largest absolute Gasteiger partial charge is 0.461 e. The molecule has 3 rings (SSSR count). The summed E-state index contributed by atoms with van der Waals surface area (Å²) in [5, 5.41) is 0. The minimum atomic E-state index is -0.205. The van der Waals surface area contributed by atoms with Crippen molar-refractivity contribution in [2.24, 2.45) is 5.73 Å². The van der Waals surface area contributed by atoms with E-state index in [-0.39, 0.29) is 11.9 Å². The summed E-state index contributed by atoms with van der Waals surface area (Å²) in [7, 11) is 0. The predicted molar refractivity (Wildman–Crippen MR) is 64.2 cm³/mol. The van der Waals surface area contributed by atoms with E-state index in [4.69, 9.17) is 10.2 Å². The minimum absolute atomic E-state index is 0.205. The van der Waals surface area contributed by atoms with Crippen LogP contribution in [0.5, 0.6) is 0 Å². The van der Waals surface area contributed by atoms with Crippen LogP contribution in [0, 0.1) is 12.7 Å². The molecule has 1 aromatic heterocycles. The van der Waals surface area contributed by atoms with Crippen molar-refractivity contribution in [3.05, 3.63) is 47.5 Å². The quantitative estimate of drug-likeness (QED) is 0.862. The molecule has 0 bridgehead atoms. The van der Waals surface area contributed by atoms with Crippen molar-refractivity contribution < 1.29 is 8.81 Å². The number of benzene rings is 1. The van der Waals surface area contributed by atoms with Gasteiger partial charge in [0.05, 0.1) is 0 Å². The molecular formula is C14H14FNO. The van der Waals surface area contributed by atoms with E-state index in [1.807, 2.05) is 18.2 Å². The maximum Gasteiger partial charge on any atom is 0.134 e. The van der Waals surface area contributed by atoms with Gasteiger partial charge in [-0.2, -0.15) is 0 Å². The lowest BCUT2D eigenvalue weighted by molar-refractivity contribution is 0.521. The molecule has 3 heteroatoms. The lowest BCUT2D eigenvalue weighted by Crippen LogP contribution is -2.00. The van der Waals surface area contributed by atoms with Gasteiger partial charge in [-0.05, 0) is 37.1 Å². The van der Waals surface area contributed by atoms with E-state index in [0.717, 1.165) is 23.5 Å². The molecule has 2 N–H and O–H groups in total. The van der Waals surface area contributed by atoms with Crippen LogP contribution in [0.25, 0.3) is 11.3 Å². The van der Waals surface area contributed by atoms with Crippen LogP contribution in [0.4, 0.5) is 4.39 Å². The molecule has 17 heavy (non-hydrogen) atoms. The van der Waals surface area contributed by atoms with Gasteiger partial charge in [-0.3, -0.25) is 0 Å². The lowest BCUT2D eigenvalue weighted by Gasteiger charge is -2.03. The SMILES string of the molecule is Cc1c(F)cccc1-c1ccc([C@H]2C[C@@H]2N)o1. The van der Waals surface area contributed by atoms with E-state index >= 15 is 0 Å². The molecule has 0 spiro atoms. The van der Waals surface area contributed by atoms with Gasteiger partial charge in [0, 0.05) is 17.5 Å². The zero-order valence-corrected chi connectivity index (χ0v) is 9.61. The van der Waals surface area contributed by atoms with E-state index in [0.29, 0.717) is 11.5 Å². The smallest absolute Gasteiger partial charge is 0.134 e. The molecule has 1 aromatic carbocycles. The molecule has 1 fully saturated rings. The Hall–Kier alpha value is -1.61. The van der Waals surface area contributed by atoms with Crippen LogP contribution >= 0.6 is 0 Å². The second-order valence-electron chi connectivity index (χ2n) is 4.62. The number of halogens is 1. The van der Waals surface area contributed by atoms with Crippen LogP contribution in [-0.2, 0) is 0 Å². The van der Waals surface area contributed by atoms with E-state index in [1.165, 1.54) is 6.07 Å². The van der Waals surface area contributed by atoms with Crippen molar-refractivity contribution in [1.82, 2.24) is 0 Å². The van der Waals surface area contributed by atoms with Crippen LogP contribution < -0.4 is 5.73 Å². The first-order valence-corrected chi connectivity index (χ1v) is 5.77. The first-order valence-electron chi connectivity index (χ1n) is 5.77. The molecule has 0 unspecified atom stereocenters. The van der Waals surface area contributed by atoms with Gasteiger partial charge in [0.2, 0.25) is 0 Å². The highest BCUT2D eigenvalue weighted by molar-refractivity contribution is 5.62. The molecule has 2 atom stereocenters. The Morgan fingerprint density at radius 3 is 2.76 bits per heavy atom. The normalized spacial score (nSPS) is 22.8. The van der Waals surface area contributed by atoms with Gasteiger partial charge in [0.25, 0.3) is 0 Å². The first kappa shape index (κ1) is 10.5. The Kier molecular flexibility index (Phi) is 2.30. The average Bonchev–Trinajstić information content (AvgIpc) is 2.86. The van der Waals surface area contributed by atoms with Gasteiger partial charge in [-0.25, -0.2) is 4.39 Å². The topological polar surface area (TPSA) is 39.2 Å². The molecule has 2 aromatic rings. The summed E-state index contributed by atoms with van der Waals surface area (Å²) < 4.78 is 19.2. The number of furan rings is 1. The molecule has 0 amide bonds. The highest BCUT2D eigenvalue weighted by Crippen LogP contribution is 2.41. The Bertz CT molecular complexity index is 561. The van der Waals surface area contributed by atoms with Gasteiger partial charge in [-0.15, -0.1) is 0 Å². The summed E-state index contributed by atoms with van der Waals surface area (Å²) in [6.45, 7) is 1.76. The van der Waals surface area contributed by atoms with E-state index in [9.17, 15) is 4.39 Å². The molecule has 1 saturated carbocycles. The third-order valence-electron chi connectivity index (χ3n) is 3.37. The molecule has 2 nitrogen and oxygen atoms in total. The zero-order valence-electron chi connectivity index (χ0n) is 9.61. The average molecular weight is 231 g/mol. The summed E-state index contributed by atoms with van der Waals surface area (Å²) in [6, 6.07) is 9.08. The summed E-state index contributed by atoms with van der Waals surface area (Å²) in [4.78, 5) is 0. The fourth-order valence-electron chi connectivity index (χ4n) is 2.11. The number of nitrogens with two attached hydrogens (primary N) is 1. The fourth-order valence-corrected chi connectivity index (χ4v) is 2.11. The van der Waals surface area contributed by atoms with Gasteiger partial charge in [0.15, 0.2) is 0 Å². The molecular weight excluding hydrogens is 217 g/mol. The number of hydrogen-bond acceptors (Lipinski definition) is 2. The van der Waals surface area contributed by atoms with E-state index in [2.05, 4.69) is 0 Å². The Balaban J connectivity index is 1.98. The number of rotatable bonds is 2. The van der Waals surface area contributed by atoms with Crippen molar-refractivity contribution in [1.29, 1.82) is 0 Å². The van der Waals surface area contributed by atoms with E-state index in [1.54, 1.807) is 13.0 Å². The first-order chi connectivity index (χ1) is 8.16. The van der Waals surface area contributed by atoms with Crippen molar-refractivity contribution in [3.8, 4) is 11.3 Å². The summed E-state index contributed by atoms with van der Waals surface area (Å²) in [5.74, 6) is 1.77. The maximum atomic E-state index is 13.4. The summed E-state index contributed by atoms with van der Waals surface area (Å²) >= 11 is 0. The molecule has 0 radical (unpaired) electrons. The van der Waals surface area contributed by atoms with Crippen molar-refractivity contribution in [3.63, 3.8) is 0 Å². The Morgan fingerprint density at radius 1 is 1.29 bits per heavy atom. The molecule has 88 valence electrons. The third kappa shape index (κ3) is 1.76. The van der Waals surface area contributed by atoms with Gasteiger partial charge >= 0.3 is 0 Å². The Labute approximate surface area is 99.2 Å². The van der Waals surface area contributed by atoms with Crippen LogP contribution in [-0.4, -0.2) is 6.04 Å². The highest BCUT2D eigenvalue weighted by atomic mass is 19.1. The second kappa shape index (κ2) is 3.70. The van der Waals surface area contributed by atoms with Crippen LogP contribution in [0.3, 0.4) is 0 Å². The van der Waals surface area contributed by atoms with Crippen LogP contribution in [0.2, 0.25) is 0 Å². The van der Waals surface area contributed by atoms with Crippen LogP contribution in [0.15, 0.2) is 34.7 Å². The molecule has 1 aliphatic carbocycles. The maximum absolute atomic E-state index is 13.4. The molecule has 0 saturated heterocycles. The monoisotopic (exact) mass is 231 g/mol. The van der Waals surface area contributed by atoms with Gasteiger partial charge < -0.3 is 10.2 Å². The predicted octanol–water partition coefficient (Wildman–Crippen LogP) is 3.21. The molecule has 0 aliphatic heterocycles. The number of hydrogen-bond donors (Lipinski definition) is 1. The van der Waals surface area contributed by atoms with Crippen molar-refractivity contribution >= 4 is 0 Å². The fraction of sp³-hybridized carbons (Fsp3) is 0.286. The molecule has 1 heterocycles. The zero-order chi connectivity index (χ0) is 12.0. The van der Waals surface area contributed by atoms with Crippen molar-refractivity contribution in [2.75, 3.05) is 0 Å². The van der Waals surface area contributed by atoms with Gasteiger partial charge in [-0.1, -0.05) is 12.1 Å². The van der Waals surface area contributed by atoms with E-state index < -0.39 is 0 Å². The van der Waals surface area contributed by atoms with Crippen molar-refractivity contribution in [2.45, 2.75) is 25.3 Å². The lowest BCUT2D eigenvalue weighted by atomic mass is 10.1. The Morgan fingerprint density at radius 2 is 2.06 bits per heavy atom.